The number of ketones is 1. The third-order valence-electron chi connectivity index (χ3n) is 10.0. The fourth-order valence-electron chi connectivity index (χ4n) is 8.75. The van der Waals surface area contributed by atoms with Gasteiger partial charge in [-0.15, -0.1) is 0 Å². The van der Waals surface area contributed by atoms with Crippen LogP contribution in [-0.2, 0) is 19.1 Å². The molecule has 142 valence electrons. The van der Waals surface area contributed by atoms with Crippen LogP contribution in [0.25, 0.3) is 0 Å². The monoisotopic (exact) mass is 366 g/mol. The van der Waals surface area contributed by atoms with Gasteiger partial charge < -0.3 is 9.47 Å². The molecule has 7 aliphatic rings. The first-order valence-corrected chi connectivity index (χ1v) is 10.7. The van der Waals surface area contributed by atoms with Gasteiger partial charge >= 0.3 is 5.97 Å². The quantitative estimate of drug-likeness (QED) is 0.487. The van der Waals surface area contributed by atoms with Crippen LogP contribution in [0.2, 0.25) is 0 Å². The third-order valence-corrected chi connectivity index (χ3v) is 10.0. The second-order valence-electron chi connectivity index (χ2n) is 10.7. The zero-order valence-electron chi connectivity index (χ0n) is 16.0. The summed E-state index contributed by atoms with van der Waals surface area (Å²) in [4.78, 5) is 24.1. The largest absolute Gasteiger partial charge is 0.458 e. The number of carbonyl (C=O) groups excluding carboxylic acids is 2. The molecule has 4 saturated carbocycles. The van der Waals surface area contributed by atoms with E-state index in [1.165, 1.54) is 12.0 Å². The van der Waals surface area contributed by atoms with Gasteiger partial charge in [0.2, 0.25) is 0 Å². The van der Waals surface area contributed by atoms with Crippen molar-refractivity contribution in [2.24, 2.45) is 34.5 Å². The summed E-state index contributed by atoms with van der Waals surface area (Å²) in [6, 6.07) is 0. The number of rotatable bonds is 0. The summed E-state index contributed by atoms with van der Waals surface area (Å²) in [6.07, 6.45) is 11.9. The van der Waals surface area contributed by atoms with E-state index in [4.69, 9.17) is 9.47 Å². The lowest BCUT2D eigenvalue weighted by atomic mass is 9.47. The molecule has 7 rings (SSSR count). The van der Waals surface area contributed by atoms with Crippen molar-refractivity contribution >= 4 is 11.8 Å². The molecule has 0 radical (unpaired) electrons. The number of esters is 1. The highest BCUT2D eigenvalue weighted by Crippen LogP contribution is 2.82. The molecular formula is C23H26O4. The van der Waals surface area contributed by atoms with Crippen molar-refractivity contribution in [2.45, 2.75) is 69.7 Å². The van der Waals surface area contributed by atoms with Gasteiger partial charge in [0.1, 0.15) is 11.2 Å². The first-order chi connectivity index (χ1) is 12.8. The maximum absolute atomic E-state index is 12.1. The van der Waals surface area contributed by atoms with E-state index in [0.717, 1.165) is 25.7 Å². The highest BCUT2D eigenvalue weighted by Gasteiger charge is 2.85. The molecule has 2 spiro atoms. The minimum Gasteiger partial charge on any atom is -0.458 e. The second-order valence-corrected chi connectivity index (χ2v) is 10.7. The average molecular weight is 366 g/mol. The van der Waals surface area contributed by atoms with Crippen molar-refractivity contribution in [3.05, 3.63) is 23.8 Å². The molecule has 5 aliphatic carbocycles. The molecular weight excluding hydrogens is 340 g/mol. The molecule has 9 atom stereocenters. The Kier molecular flexibility index (Phi) is 2.37. The Morgan fingerprint density at radius 3 is 2.81 bits per heavy atom. The van der Waals surface area contributed by atoms with E-state index in [1.54, 1.807) is 6.08 Å². The Morgan fingerprint density at radius 2 is 2.04 bits per heavy atom. The lowest BCUT2D eigenvalue weighted by molar-refractivity contribution is -0.164. The first kappa shape index (κ1) is 15.5. The summed E-state index contributed by atoms with van der Waals surface area (Å²) >= 11 is 0. The van der Waals surface area contributed by atoms with Crippen molar-refractivity contribution < 1.29 is 19.1 Å². The number of epoxide rings is 1. The van der Waals surface area contributed by atoms with E-state index in [1.807, 2.05) is 6.08 Å². The lowest BCUT2D eigenvalue weighted by Gasteiger charge is -2.55. The van der Waals surface area contributed by atoms with Gasteiger partial charge in [0.15, 0.2) is 5.78 Å². The van der Waals surface area contributed by atoms with Crippen LogP contribution in [0, 0.1) is 34.5 Å². The summed E-state index contributed by atoms with van der Waals surface area (Å²) in [6.45, 7) is 4.70. The van der Waals surface area contributed by atoms with Crippen LogP contribution in [0.4, 0.5) is 0 Å². The Morgan fingerprint density at radius 1 is 1.19 bits per heavy atom. The van der Waals surface area contributed by atoms with Gasteiger partial charge in [-0.25, -0.2) is 0 Å². The normalized spacial score (nSPS) is 61.4. The SMILES string of the molecule is C[C@]12C=CC(=O)C=C1[C@@H]1C[C@@H]1[C@H]1[C@@H]3CC[C@@]4(CCC(=O)O4)[C@@]3(C)C[C@@H]3OC132. The van der Waals surface area contributed by atoms with Gasteiger partial charge in [-0.3, -0.25) is 9.59 Å². The third kappa shape index (κ3) is 1.43. The van der Waals surface area contributed by atoms with Crippen molar-refractivity contribution in [2.75, 3.05) is 0 Å². The summed E-state index contributed by atoms with van der Waals surface area (Å²) in [5, 5.41) is 0. The summed E-state index contributed by atoms with van der Waals surface area (Å²) in [7, 11) is 0. The predicted molar refractivity (Wildman–Crippen MR) is 96.5 cm³/mol. The van der Waals surface area contributed by atoms with Crippen molar-refractivity contribution in [1.29, 1.82) is 0 Å². The highest BCUT2D eigenvalue weighted by atomic mass is 16.6. The van der Waals surface area contributed by atoms with Crippen LogP contribution >= 0.6 is 0 Å². The molecule has 2 heterocycles. The van der Waals surface area contributed by atoms with E-state index in [-0.39, 0.29) is 39.9 Å². The molecule has 0 amide bonds. The van der Waals surface area contributed by atoms with Gasteiger partial charge in [0.25, 0.3) is 0 Å². The topological polar surface area (TPSA) is 55.9 Å². The molecule has 4 nitrogen and oxygen atoms in total. The van der Waals surface area contributed by atoms with Crippen LogP contribution in [0.15, 0.2) is 23.8 Å². The Bertz CT molecular complexity index is 887. The maximum atomic E-state index is 12.1. The van der Waals surface area contributed by atoms with E-state index < -0.39 is 0 Å². The van der Waals surface area contributed by atoms with E-state index in [2.05, 4.69) is 19.9 Å². The Hall–Kier alpha value is -1.42. The fourth-order valence-corrected chi connectivity index (χ4v) is 8.75. The molecule has 0 aromatic carbocycles. The van der Waals surface area contributed by atoms with Crippen LogP contribution in [0.5, 0.6) is 0 Å². The molecule has 0 aromatic rings. The molecule has 2 saturated heterocycles. The number of allylic oxidation sites excluding steroid dienone is 2. The van der Waals surface area contributed by atoms with Gasteiger partial charge in [0.05, 0.1) is 6.10 Å². The van der Waals surface area contributed by atoms with Gasteiger partial charge in [-0.05, 0) is 74.9 Å². The van der Waals surface area contributed by atoms with Crippen LogP contribution in [-0.4, -0.2) is 29.1 Å². The molecule has 4 heteroatoms. The lowest BCUT2D eigenvalue weighted by Crippen LogP contribution is -2.60. The van der Waals surface area contributed by atoms with E-state index in [9.17, 15) is 9.59 Å². The number of fused-ring (bicyclic) bond motifs is 7. The van der Waals surface area contributed by atoms with Crippen LogP contribution in [0.1, 0.15) is 52.4 Å². The molecule has 0 bridgehead atoms. The van der Waals surface area contributed by atoms with Crippen LogP contribution in [0.3, 0.4) is 0 Å². The average Bonchev–Trinajstić information content (AvgIpc) is 3.49. The Labute approximate surface area is 159 Å². The molecule has 1 unspecified atom stereocenters. The number of ether oxygens (including phenoxy) is 2. The van der Waals surface area contributed by atoms with Gasteiger partial charge in [-0.1, -0.05) is 18.6 Å². The number of carbonyl (C=O) groups is 2. The Balaban J connectivity index is 1.37. The summed E-state index contributed by atoms with van der Waals surface area (Å²) in [5.41, 5.74) is 0.839. The molecule has 2 aliphatic heterocycles. The molecule has 0 aromatic heterocycles. The second kappa shape index (κ2) is 4.12. The molecule has 27 heavy (non-hydrogen) atoms. The smallest absolute Gasteiger partial charge is 0.306 e. The number of hydrogen-bond acceptors (Lipinski definition) is 4. The molecule has 0 N–H and O–H groups in total. The van der Waals surface area contributed by atoms with Crippen molar-refractivity contribution in [3.63, 3.8) is 0 Å². The summed E-state index contributed by atoms with van der Waals surface area (Å²) < 4.78 is 12.7. The zero-order chi connectivity index (χ0) is 18.4. The van der Waals surface area contributed by atoms with Crippen molar-refractivity contribution in [1.82, 2.24) is 0 Å². The zero-order valence-corrected chi connectivity index (χ0v) is 16.0. The summed E-state index contributed by atoms with van der Waals surface area (Å²) in [5.74, 6) is 2.41. The van der Waals surface area contributed by atoms with E-state index >= 15 is 0 Å². The fraction of sp³-hybridized carbons (Fsp3) is 0.739. The minimum atomic E-state index is -0.257. The number of hydrogen-bond donors (Lipinski definition) is 0. The molecule has 6 fully saturated rings. The minimum absolute atomic E-state index is 0.00993. The predicted octanol–water partition coefficient (Wildman–Crippen LogP) is 3.36. The van der Waals surface area contributed by atoms with Crippen molar-refractivity contribution in [3.8, 4) is 0 Å². The van der Waals surface area contributed by atoms with Gasteiger partial charge in [0, 0.05) is 17.3 Å². The van der Waals surface area contributed by atoms with Crippen LogP contribution < -0.4 is 0 Å². The highest BCUT2D eigenvalue weighted by molar-refractivity contribution is 6.01. The van der Waals surface area contributed by atoms with E-state index in [0.29, 0.717) is 30.1 Å². The van der Waals surface area contributed by atoms with Gasteiger partial charge in [-0.2, -0.15) is 0 Å². The standard InChI is InChI=1S/C23H26O4/c1-20-6-3-12(24)9-16(20)13-10-14(13)19-15-4-7-22(8-5-18(25)27-22)21(15,2)11-17-23(19,20)26-17/h3,6,9,13-15,17,19H,4-5,7-8,10-11H2,1-2H3/t13-,14+,15+,17+,19+,20+,21+,22-,23?/m1/s1. The first-order valence-electron chi connectivity index (χ1n) is 10.7. The maximum Gasteiger partial charge on any atom is 0.306 e.